The molecule has 1 atom stereocenters. The van der Waals surface area contributed by atoms with Crippen molar-refractivity contribution in [2.45, 2.75) is 44.0 Å². The van der Waals surface area contributed by atoms with Gasteiger partial charge in [-0.15, -0.1) is 11.3 Å². The number of methoxy groups -OCH3 is 1. The van der Waals surface area contributed by atoms with Crippen LogP contribution in [-0.2, 0) is 21.3 Å². The minimum absolute atomic E-state index is 0.0414. The van der Waals surface area contributed by atoms with E-state index in [9.17, 15) is 8.42 Å². The highest BCUT2D eigenvalue weighted by Gasteiger charge is 2.30. The highest BCUT2D eigenvalue weighted by atomic mass is 32.2. The lowest BCUT2D eigenvalue weighted by Gasteiger charge is -2.26. The molecule has 0 aliphatic heterocycles. The fourth-order valence-corrected chi connectivity index (χ4v) is 5.45. The summed E-state index contributed by atoms with van der Waals surface area (Å²) in [5, 5.41) is 3.07. The van der Waals surface area contributed by atoms with Gasteiger partial charge in [0.25, 0.3) is 10.0 Å². The Morgan fingerprint density at radius 3 is 2.67 bits per heavy atom. The van der Waals surface area contributed by atoms with Gasteiger partial charge in [-0.1, -0.05) is 6.92 Å². The molecule has 122 valence electrons. The van der Waals surface area contributed by atoms with Gasteiger partial charge in [0, 0.05) is 31.1 Å². The SMILES string of the molecule is CCC(C)N(CCOC)S(=O)(=O)c1cc(C)c(CNC)s1. The van der Waals surface area contributed by atoms with E-state index in [1.807, 2.05) is 27.8 Å². The first-order chi connectivity index (χ1) is 9.88. The predicted octanol–water partition coefficient (Wildman–Crippen LogP) is 2.21. The Morgan fingerprint density at radius 2 is 2.14 bits per heavy atom. The van der Waals surface area contributed by atoms with E-state index in [1.165, 1.54) is 11.3 Å². The fraction of sp³-hybridized carbons (Fsp3) is 0.714. The van der Waals surface area contributed by atoms with E-state index in [1.54, 1.807) is 17.5 Å². The summed E-state index contributed by atoms with van der Waals surface area (Å²) in [5.74, 6) is 0. The van der Waals surface area contributed by atoms with Crippen LogP contribution in [-0.4, -0.2) is 46.1 Å². The van der Waals surface area contributed by atoms with Crippen LogP contribution in [0.25, 0.3) is 0 Å². The Morgan fingerprint density at radius 1 is 1.48 bits per heavy atom. The highest BCUT2D eigenvalue weighted by Crippen LogP contribution is 2.29. The standard InChI is InChI=1S/C14H26N2O3S2/c1-6-12(3)16(7-8-19-5)21(17,18)14-9-11(2)13(20-14)10-15-4/h9,12,15H,6-8,10H2,1-5H3. The molecular formula is C14H26N2O3S2. The van der Waals surface area contributed by atoms with Crippen LogP contribution in [0, 0.1) is 6.92 Å². The zero-order valence-corrected chi connectivity index (χ0v) is 15.1. The summed E-state index contributed by atoms with van der Waals surface area (Å²) >= 11 is 1.35. The molecule has 1 N–H and O–H groups in total. The third kappa shape index (κ3) is 4.50. The maximum absolute atomic E-state index is 12.9. The van der Waals surface area contributed by atoms with E-state index < -0.39 is 10.0 Å². The van der Waals surface area contributed by atoms with Crippen LogP contribution in [0.1, 0.15) is 30.7 Å². The molecule has 21 heavy (non-hydrogen) atoms. The number of hydrogen-bond acceptors (Lipinski definition) is 5. The van der Waals surface area contributed by atoms with Crippen molar-refractivity contribution in [1.29, 1.82) is 0 Å². The summed E-state index contributed by atoms with van der Waals surface area (Å²) in [4.78, 5) is 1.06. The maximum Gasteiger partial charge on any atom is 0.252 e. The molecule has 1 rings (SSSR count). The summed E-state index contributed by atoms with van der Waals surface area (Å²) in [5.41, 5.74) is 1.02. The first kappa shape index (κ1) is 18.6. The van der Waals surface area contributed by atoms with Crippen LogP contribution in [0.2, 0.25) is 0 Å². The van der Waals surface area contributed by atoms with Crippen LogP contribution >= 0.6 is 11.3 Å². The van der Waals surface area contributed by atoms with Crippen molar-refractivity contribution in [3.8, 4) is 0 Å². The Bertz CT molecular complexity index is 540. The number of hydrogen-bond donors (Lipinski definition) is 1. The van der Waals surface area contributed by atoms with Gasteiger partial charge in [-0.3, -0.25) is 0 Å². The fourth-order valence-electron chi connectivity index (χ4n) is 2.03. The van der Waals surface area contributed by atoms with Crippen molar-refractivity contribution in [2.24, 2.45) is 0 Å². The Labute approximate surface area is 132 Å². The Balaban J connectivity index is 3.12. The van der Waals surface area contributed by atoms with Crippen molar-refractivity contribution in [1.82, 2.24) is 9.62 Å². The van der Waals surface area contributed by atoms with Gasteiger partial charge < -0.3 is 10.1 Å². The zero-order valence-electron chi connectivity index (χ0n) is 13.5. The molecule has 1 unspecified atom stereocenters. The van der Waals surface area contributed by atoms with Gasteiger partial charge in [-0.25, -0.2) is 8.42 Å². The van der Waals surface area contributed by atoms with E-state index in [0.717, 1.165) is 16.9 Å². The number of sulfonamides is 1. The lowest BCUT2D eigenvalue weighted by atomic mass is 10.3. The number of nitrogens with zero attached hydrogens (tertiary/aromatic N) is 1. The summed E-state index contributed by atoms with van der Waals surface area (Å²) < 4.78 is 32.8. The van der Waals surface area contributed by atoms with Crippen LogP contribution in [0.4, 0.5) is 0 Å². The summed E-state index contributed by atoms with van der Waals surface area (Å²) in [6.45, 7) is 7.34. The van der Waals surface area contributed by atoms with Crippen LogP contribution < -0.4 is 5.32 Å². The predicted molar refractivity (Wildman–Crippen MR) is 87.3 cm³/mol. The Hall–Kier alpha value is -0.470. The monoisotopic (exact) mass is 334 g/mol. The third-order valence-electron chi connectivity index (χ3n) is 3.50. The Kier molecular flexibility index (Phi) is 7.29. The van der Waals surface area contributed by atoms with E-state index in [2.05, 4.69) is 5.32 Å². The van der Waals surface area contributed by atoms with Crippen LogP contribution in [0.3, 0.4) is 0 Å². The first-order valence-corrected chi connectivity index (χ1v) is 9.38. The molecule has 0 saturated carbocycles. The van der Waals surface area contributed by atoms with Crippen LogP contribution in [0.15, 0.2) is 10.3 Å². The number of aryl methyl sites for hydroxylation is 1. The maximum atomic E-state index is 12.9. The van der Waals surface area contributed by atoms with Crippen molar-refractivity contribution in [3.05, 3.63) is 16.5 Å². The molecule has 1 aromatic rings. The first-order valence-electron chi connectivity index (χ1n) is 7.13. The molecule has 0 aromatic carbocycles. The minimum atomic E-state index is -3.46. The molecule has 0 amide bonds. The second kappa shape index (κ2) is 8.24. The van der Waals surface area contributed by atoms with E-state index in [-0.39, 0.29) is 6.04 Å². The minimum Gasteiger partial charge on any atom is -0.383 e. The third-order valence-corrected chi connectivity index (χ3v) is 7.20. The molecule has 5 nitrogen and oxygen atoms in total. The lowest BCUT2D eigenvalue weighted by molar-refractivity contribution is 0.167. The second-order valence-corrected chi connectivity index (χ2v) is 8.32. The molecule has 1 heterocycles. The van der Waals surface area contributed by atoms with Crippen molar-refractivity contribution in [3.63, 3.8) is 0 Å². The molecule has 0 saturated heterocycles. The van der Waals surface area contributed by atoms with Gasteiger partial charge in [0.05, 0.1) is 6.61 Å². The van der Waals surface area contributed by atoms with Gasteiger partial charge >= 0.3 is 0 Å². The number of rotatable bonds is 9. The van der Waals surface area contributed by atoms with Crippen molar-refractivity contribution >= 4 is 21.4 Å². The topological polar surface area (TPSA) is 58.6 Å². The number of nitrogens with one attached hydrogen (secondary N) is 1. The average Bonchev–Trinajstić information content (AvgIpc) is 2.81. The molecule has 0 fully saturated rings. The number of thiophene rings is 1. The second-order valence-electron chi connectivity index (χ2n) is 5.07. The molecule has 0 aliphatic carbocycles. The number of ether oxygens (including phenoxy) is 1. The van der Waals surface area contributed by atoms with E-state index >= 15 is 0 Å². The summed E-state index contributed by atoms with van der Waals surface area (Å²) in [7, 11) is -0.0170. The molecule has 7 heteroatoms. The molecule has 0 spiro atoms. The van der Waals surface area contributed by atoms with Crippen molar-refractivity contribution in [2.75, 3.05) is 27.3 Å². The molecule has 1 aromatic heterocycles. The molecule has 0 bridgehead atoms. The van der Waals surface area contributed by atoms with E-state index in [4.69, 9.17) is 4.74 Å². The van der Waals surface area contributed by atoms with Gasteiger partial charge in [-0.05, 0) is 38.9 Å². The van der Waals surface area contributed by atoms with Crippen molar-refractivity contribution < 1.29 is 13.2 Å². The average molecular weight is 335 g/mol. The quantitative estimate of drug-likeness (QED) is 0.752. The van der Waals surface area contributed by atoms with E-state index in [0.29, 0.717) is 23.9 Å². The zero-order chi connectivity index (χ0) is 16.0. The molecular weight excluding hydrogens is 308 g/mol. The van der Waals surface area contributed by atoms with Gasteiger partial charge in [-0.2, -0.15) is 4.31 Å². The largest absolute Gasteiger partial charge is 0.383 e. The molecule has 0 radical (unpaired) electrons. The normalized spacial score (nSPS) is 13.8. The van der Waals surface area contributed by atoms with Gasteiger partial charge in [0.15, 0.2) is 0 Å². The van der Waals surface area contributed by atoms with Gasteiger partial charge in [0.1, 0.15) is 4.21 Å². The summed E-state index contributed by atoms with van der Waals surface area (Å²) in [6, 6.07) is 1.73. The van der Waals surface area contributed by atoms with Crippen LogP contribution in [0.5, 0.6) is 0 Å². The lowest BCUT2D eigenvalue weighted by Crippen LogP contribution is -2.40. The smallest absolute Gasteiger partial charge is 0.252 e. The summed E-state index contributed by atoms with van der Waals surface area (Å²) in [6.07, 6.45) is 0.774. The van der Waals surface area contributed by atoms with Gasteiger partial charge in [0.2, 0.25) is 0 Å². The highest BCUT2D eigenvalue weighted by molar-refractivity contribution is 7.91. The molecule has 0 aliphatic rings.